The van der Waals surface area contributed by atoms with Crippen LogP contribution in [0.5, 0.6) is 5.75 Å². The quantitative estimate of drug-likeness (QED) is 0.909. The van der Waals surface area contributed by atoms with E-state index >= 15 is 0 Å². The molecule has 1 aliphatic heterocycles. The number of benzene rings is 1. The van der Waals surface area contributed by atoms with Crippen molar-refractivity contribution >= 4 is 11.9 Å². The molecule has 2 aliphatic rings. The Bertz CT molecular complexity index is 846. The molecule has 24 heavy (non-hydrogen) atoms. The molecule has 1 aromatic heterocycles. The Morgan fingerprint density at radius 3 is 2.83 bits per heavy atom. The molecule has 0 fully saturated rings. The standard InChI is InChI=1S/C19H19N3O2/c1-22-8-7-13-11-21-18-17(13)16(22)9-15(19(18)23)20-10-12-3-5-14(24-2)6-4-12/h3-9,11,16,20-21H,10H2,1-2H3. The van der Waals surface area contributed by atoms with Crippen LogP contribution >= 0.6 is 0 Å². The molecule has 4 rings (SSSR count). The number of methoxy groups -OCH3 is 1. The number of likely N-dealkylation sites (N-methyl/N-ethyl adjacent to an activating group) is 1. The predicted octanol–water partition coefficient (Wildman–Crippen LogP) is 2.85. The van der Waals surface area contributed by atoms with Crippen molar-refractivity contribution in [2.45, 2.75) is 12.6 Å². The summed E-state index contributed by atoms with van der Waals surface area (Å²) in [6, 6.07) is 7.91. The van der Waals surface area contributed by atoms with Crippen LogP contribution in [0.1, 0.15) is 33.2 Å². The highest BCUT2D eigenvalue weighted by Crippen LogP contribution is 2.37. The van der Waals surface area contributed by atoms with E-state index in [0.29, 0.717) is 17.9 Å². The molecule has 2 N–H and O–H groups in total. The van der Waals surface area contributed by atoms with Gasteiger partial charge < -0.3 is 19.9 Å². The normalized spacial score (nSPS) is 18.2. The van der Waals surface area contributed by atoms with Crippen molar-refractivity contribution < 1.29 is 9.53 Å². The lowest BCUT2D eigenvalue weighted by atomic mass is 9.90. The van der Waals surface area contributed by atoms with E-state index in [0.717, 1.165) is 22.4 Å². The number of rotatable bonds is 4. The van der Waals surface area contributed by atoms with Gasteiger partial charge in [0, 0.05) is 31.6 Å². The van der Waals surface area contributed by atoms with Crippen LogP contribution in [0.15, 0.2) is 48.4 Å². The van der Waals surface area contributed by atoms with Gasteiger partial charge in [-0.1, -0.05) is 12.1 Å². The fraction of sp³-hybridized carbons (Fsp3) is 0.211. The van der Waals surface area contributed by atoms with Gasteiger partial charge in [0.15, 0.2) is 0 Å². The number of H-pyrrole nitrogens is 1. The number of aromatic nitrogens is 1. The summed E-state index contributed by atoms with van der Waals surface area (Å²) in [5.74, 6) is 0.843. The van der Waals surface area contributed by atoms with Gasteiger partial charge in [-0.25, -0.2) is 0 Å². The molecule has 1 atom stereocenters. The molecule has 5 nitrogen and oxygen atoms in total. The number of aromatic amines is 1. The van der Waals surface area contributed by atoms with Crippen LogP contribution in [-0.2, 0) is 6.54 Å². The molecule has 0 radical (unpaired) electrons. The summed E-state index contributed by atoms with van der Waals surface area (Å²) in [6.45, 7) is 0.594. The van der Waals surface area contributed by atoms with E-state index in [9.17, 15) is 4.79 Å². The Labute approximate surface area is 140 Å². The fourth-order valence-corrected chi connectivity index (χ4v) is 3.24. The van der Waals surface area contributed by atoms with Crippen LogP contribution in [0.3, 0.4) is 0 Å². The molecule has 1 unspecified atom stereocenters. The van der Waals surface area contributed by atoms with E-state index in [2.05, 4.69) is 15.2 Å². The Balaban J connectivity index is 1.57. The van der Waals surface area contributed by atoms with Gasteiger partial charge in [-0.3, -0.25) is 4.79 Å². The number of nitrogens with zero attached hydrogens (tertiary/aromatic N) is 1. The number of allylic oxidation sites excluding steroid dienone is 1. The average Bonchev–Trinajstić information content (AvgIpc) is 3.04. The van der Waals surface area contributed by atoms with E-state index < -0.39 is 0 Å². The number of ether oxygens (including phenoxy) is 1. The van der Waals surface area contributed by atoms with E-state index in [1.165, 1.54) is 0 Å². The van der Waals surface area contributed by atoms with Gasteiger partial charge in [0.25, 0.3) is 0 Å². The van der Waals surface area contributed by atoms with E-state index in [4.69, 9.17) is 4.74 Å². The first-order valence-electron chi connectivity index (χ1n) is 7.92. The minimum absolute atomic E-state index is 0.0183. The number of carbonyl (C=O) groups is 1. The monoisotopic (exact) mass is 321 g/mol. The molecule has 1 aliphatic carbocycles. The van der Waals surface area contributed by atoms with Crippen molar-refractivity contribution in [1.82, 2.24) is 15.2 Å². The van der Waals surface area contributed by atoms with Crippen LogP contribution in [0.2, 0.25) is 0 Å². The zero-order chi connectivity index (χ0) is 16.7. The molecule has 0 spiro atoms. The Morgan fingerprint density at radius 1 is 1.29 bits per heavy atom. The highest BCUT2D eigenvalue weighted by molar-refractivity contribution is 6.10. The number of nitrogens with one attached hydrogen (secondary N) is 2. The van der Waals surface area contributed by atoms with Gasteiger partial charge in [-0.15, -0.1) is 0 Å². The van der Waals surface area contributed by atoms with E-state index in [-0.39, 0.29) is 11.8 Å². The van der Waals surface area contributed by atoms with Crippen molar-refractivity contribution in [2.24, 2.45) is 0 Å². The summed E-state index contributed by atoms with van der Waals surface area (Å²) in [7, 11) is 3.67. The van der Waals surface area contributed by atoms with Gasteiger partial charge in [-0.2, -0.15) is 0 Å². The summed E-state index contributed by atoms with van der Waals surface area (Å²) in [4.78, 5) is 18.0. The second-order valence-corrected chi connectivity index (χ2v) is 6.07. The minimum atomic E-state index is 0.0183. The third-order valence-electron chi connectivity index (χ3n) is 4.61. The third kappa shape index (κ3) is 2.29. The van der Waals surface area contributed by atoms with Crippen LogP contribution in [0.25, 0.3) is 6.08 Å². The summed E-state index contributed by atoms with van der Waals surface area (Å²) in [5.41, 5.74) is 4.58. The minimum Gasteiger partial charge on any atom is -0.497 e. The van der Waals surface area contributed by atoms with E-state index in [1.807, 2.05) is 55.9 Å². The second-order valence-electron chi connectivity index (χ2n) is 6.07. The van der Waals surface area contributed by atoms with Crippen LogP contribution in [0.4, 0.5) is 0 Å². The van der Waals surface area contributed by atoms with Crippen molar-refractivity contribution in [3.8, 4) is 5.75 Å². The topological polar surface area (TPSA) is 57.4 Å². The SMILES string of the molecule is COc1ccc(CNC2=CC3c4c(c[nH]c4C2=O)C=CN3C)cc1. The maximum absolute atomic E-state index is 12.7. The Hall–Kier alpha value is -2.95. The summed E-state index contributed by atoms with van der Waals surface area (Å²) in [5, 5.41) is 3.28. The first-order valence-corrected chi connectivity index (χ1v) is 7.92. The van der Waals surface area contributed by atoms with Crippen LogP contribution in [-0.4, -0.2) is 29.8 Å². The summed E-state index contributed by atoms with van der Waals surface area (Å²) in [6.07, 6.45) is 7.98. The van der Waals surface area contributed by atoms with Gasteiger partial charge in [0.05, 0.1) is 24.5 Å². The maximum Gasteiger partial charge on any atom is 0.225 e. The molecule has 2 aromatic rings. The molecular weight excluding hydrogens is 302 g/mol. The smallest absolute Gasteiger partial charge is 0.225 e. The second kappa shape index (κ2) is 5.60. The van der Waals surface area contributed by atoms with Gasteiger partial charge in [0.1, 0.15) is 5.75 Å². The number of Topliss-reactive ketones (excluding diaryl/α,β-unsaturated/α-hetero) is 1. The largest absolute Gasteiger partial charge is 0.497 e. The van der Waals surface area contributed by atoms with Gasteiger partial charge in [-0.05, 0) is 35.4 Å². The average molecular weight is 321 g/mol. The molecule has 0 saturated carbocycles. The first-order chi connectivity index (χ1) is 11.7. The molecule has 2 heterocycles. The molecular formula is C19H19N3O2. The maximum atomic E-state index is 12.7. The lowest BCUT2D eigenvalue weighted by Gasteiger charge is -2.32. The lowest BCUT2D eigenvalue weighted by molar-refractivity contribution is 0.101. The first kappa shape index (κ1) is 14.6. The molecule has 0 amide bonds. The molecule has 0 bridgehead atoms. The predicted molar refractivity (Wildman–Crippen MR) is 92.6 cm³/mol. The van der Waals surface area contributed by atoms with E-state index in [1.54, 1.807) is 7.11 Å². The lowest BCUT2D eigenvalue weighted by Crippen LogP contribution is -2.31. The van der Waals surface area contributed by atoms with Crippen molar-refractivity contribution in [3.63, 3.8) is 0 Å². The number of carbonyl (C=O) groups excluding carboxylic acids is 1. The Morgan fingerprint density at radius 2 is 2.08 bits per heavy atom. The highest BCUT2D eigenvalue weighted by Gasteiger charge is 2.33. The van der Waals surface area contributed by atoms with Gasteiger partial charge >= 0.3 is 0 Å². The fourth-order valence-electron chi connectivity index (χ4n) is 3.24. The van der Waals surface area contributed by atoms with Crippen LogP contribution < -0.4 is 10.1 Å². The summed E-state index contributed by atoms with van der Waals surface area (Å²) < 4.78 is 5.17. The van der Waals surface area contributed by atoms with Crippen molar-refractivity contribution in [2.75, 3.05) is 14.2 Å². The number of hydrogen-bond donors (Lipinski definition) is 2. The third-order valence-corrected chi connectivity index (χ3v) is 4.61. The highest BCUT2D eigenvalue weighted by atomic mass is 16.5. The van der Waals surface area contributed by atoms with Crippen LogP contribution in [0, 0.1) is 0 Å². The number of hydrogen-bond acceptors (Lipinski definition) is 4. The van der Waals surface area contributed by atoms with Gasteiger partial charge in [0.2, 0.25) is 5.78 Å². The molecule has 5 heteroatoms. The number of ketones is 1. The molecule has 0 saturated heterocycles. The molecule has 1 aromatic carbocycles. The van der Waals surface area contributed by atoms with Crippen molar-refractivity contribution in [1.29, 1.82) is 0 Å². The Kier molecular flexibility index (Phi) is 3.41. The van der Waals surface area contributed by atoms with Crippen molar-refractivity contribution in [3.05, 3.63) is 70.8 Å². The molecule has 122 valence electrons. The zero-order valence-corrected chi connectivity index (χ0v) is 13.7. The zero-order valence-electron chi connectivity index (χ0n) is 13.7. The summed E-state index contributed by atoms with van der Waals surface area (Å²) >= 11 is 0.